The highest BCUT2D eigenvalue weighted by molar-refractivity contribution is 5.78. The van der Waals surface area contributed by atoms with Crippen molar-refractivity contribution in [3.63, 3.8) is 0 Å². The van der Waals surface area contributed by atoms with E-state index in [0.29, 0.717) is 26.3 Å². The predicted molar refractivity (Wildman–Crippen MR) is 101 cm³/mol. The molecule has 1 amide bonds. The molecule has 1 saturated carbocycles. The lowest BCUT2D eigenvalue weighted by Crippen LogP contribution is -2.49. The third kappa shape index (κ3) is 2.98. The van der Waals surface area contributed by atoms with Crippen LogP contribution in [0.5, 0.6) is 11.5 Å². The molecule has 0 unspecified atom stereocenters. The van der Waals surface area contributed by atoms with Gasteiger partial charge >= 0.3 is 0 Å². The predicted octanol–water partition coefficient (Wildman–Crippen LogP) is 2.95. The fraction of sp³-hybridized carbons (Fsp3) is 0.571. The van der Waals surface area contributed by atoms with Crippen molar-refractivity contribution in [2.45, 2.75) is 44.1 Å². The number of carbonyl (C=O) groups is 1. The van der Waals surface area contributed by atoms with Gasteiger partial charge in [-0.3, -0.25) is 9.69 Å². The van der Waals surface area contributed by atoms with Crippen LogP contribution in [0.15, 0.2) is 24.8 Å². The van der Waals surface area contributed by atoms with Crippen LogP contribution in [-0.4, -0.2) is 43.7 Å². The molecule has 1 atom stereocenters. The molecule has 0 saturated heterocycles. The first-order valence-corrected chi connectivity index (χ1v) is 9.69. The Kier molecular flexibility index (Phi) is 4.65. The molecule has 2 heterocycles. The van der Waals surface area contributed by atoms with Crippen molar-refractivity contribution in [3.8, 4) is 11.5 Å². The maximum absolute atomic E-state index is 12.3. The fourth-order valence-corrected chi connectivity index (χ4v) is 4.82. The van der Waals surface area contributed by atoms with E-state index in [1.807, 2.05) is 0 Å². The van der Waals surface area contributed by atoms with Gasteiger partial charge in [-0.05, 0) is 43.0 Å². The lowest BCUT2D eigenvalue weighted by molar-refractivity contribution is -0.123. The quantitative estimate of drug-likeness (QED) is 0.843. The standard InChI is InChI=1S/C21H28N2O3/c1-3-8-22-20(24)13-23-14-21(6-4-5-7-21)17-12-19-18(25-9-10-26-19)11-16(17)15(23)2/h3,11-12,15H,1,4-10,13-14H2,2H3,(H,22,24)/t15-/m1/s1. The second-order valence-electron chi connectivity index (χ2n) is 7.74. The summed E-state index contributed by atoms with van der Waals surface area (Å²) in [6.07, 6.45) is 6.57. The Balaban J connectivity index is 1.68. The zero-order valence-corrected chi connectivity index (χ0v) is 15.6. The van der Waals surface area contributed by atoms with Gasteiger partial charge in [-0.15, -0.1) is 6.58 Å². The van der Waals surface area contributed by atoms with E-state index < -0.39 is 0 Å². The first-order chi connectivity index (χ1) is 12.6. The van der Waals surface area contributed by atoms with Crippen molar-refractivity contribution in [1.82, 2.24) is 10.2 Å². The summed E-state index contributed by atoms with van der Waals surface area (Å²) in [6, 6.07) is 4.56. The van der Waals surface area contributed by atoms with E-state index >= 15 is 0 Å². The van der Waals surface area contributed by atoms with Crippen LogP contribution in [0.3, 0.4) is 0 Å². The highest BCUT2D eigenvalue weighted by Crippen LogP contribution is 2.51. The van der Waals surface area contributed by atoms with Crippen LogP contribution >= 0.6 is 0 Å². The number of hydrogen-bond acceptors (Lipinski definition) is 4. The largest absolute Gasteiger partial charge is 0.486 e. The number of fused-ring (bicyclic) bond motifs is 3. The van der Waals surface area contributed by atoms with Crippen molar-refractivity contribution in [3.05, 3.63) is 35.9 Å². The Hall–Kier alpha value is -2.01. The molecule has 3 aliphatic rings. The number of benzene rings is 1. The van der Waals surface area contributed by atoms with E-state index in [9.17, 15) is 4.79 Å². The van der Waals surface area contributed by atoms with Crippen LogP contribution in [0.25, 0.3) is 0 Å². The zero-order chi connectivity index (χ0) is 18.1. The van der Waals surface area contributed by atoms with Gasteiger partial charge in [0, 0.05) is 24.5 Å². The molecule has 0 radical (unpaired) electrons. The highest BCUT2D eigenvalue weighted by Gasteiger charge is 2.45. The number of hydrogen-bond donors (Lipinski definition) is 1. The first-order valence-electron chi connectivity index (χ1n) is 9.69. The minimum atomic E-state index is 0.0610. The van der Waals surface area contributed by atoms with Crippen LogP contribution in [0.1, 0.15) is 49.8 Å². The number of nitrogens with one attached hydrogen (secondary N) is 1. The first kappa shape index (κ1) is 17.4. The van der Waals surface area contributed by atoms with Gasteiger partial charge in [-0.2, -0.15) is 0 Å². The average molecular weight is 356 g/mol. The van der Waals surface area contributed by atoms with Crippen LogP contribution in [0.4, 0.5) is 0 Å². The monoisotopic (exact) mass is 356 g/mol. The molecule has 1 aromatic carbocycles. The Morgan fingerprint density at radius 2 is 2.00 bits per heavy atom. The SMILES string of the molecule is C=CCNC(=O)CN1CC2(CCCC2)c2cc3c(cc2[C@H]1C)OCCO3. The summed E-state index contributed by atoms with van der Waals surface area (Å²) in [5, 5.41) is 2.91. The van der Waals surface area contributed by atoms with Gasteiger partial charge in [0.05, 0.1) is 6.54 Å². The average Bonchev–Trinajstić information content (AvgIpc) is 3.12. The summed E-state index contributed by atoms with van der Waals surface area (Å²) in [4.78, 5) is 14.6. The van der Waals surface area contributed by atoms with Crippen molar-refractivity contribution < 1.29 is 14.3 Å². The molecule has 1 N–H and O–H groups in total. The molecular formula is C21H28N2O3. The molecule has 0 aromatic heterocycles. The Bertz CT molecular complexity index is 709. The Morgan fingerprint density at radius 1 is 1.31 bits per heavy atom. The number of ether oxygens (including phenoxy) is 2. The molecule has 2 aliphatic heterocycles. The van der Waals surface area contributed by atoms with Crippen molar-refractivity contribution in [1.29, 1.82) is 0 Å². The zero-order valence-electron chi connectivity index (χ0n) is 15.6. The minimum Gasteiger partial charge on any atom is -0.486 e. The van der Waals surface area contributed by atoms with E-state index in [1.165, 1.54) is 36.8 Å². The van der Waals surface area contributed by atoms with Gasteiger partial charge in [-0.1, -0.05) is 18.9 Å². The molecule has 5 nitrogen and oxygen atoms in total. The second kappa shape index (κ2) is 6.95. The lowest BCUT2D eigenvalue weighted by Gasteiger charge is -2.46. The fourth-order valence-electron chi connectivity index (χ4n) is 4.82. The van der Waals surface area contributed by atoms with Gasteiger partial charge in [-0.25, -0.2) is 0 Å². The smallest absolute Gasteiger partial charge is 0.234 e. The lowest BCUT2D eigenvalue weighted by atomic mass is 9.71. The number of nitrogens with zero attached hydrogens (tertiary/aromatic N) is 1. The van der Waals surface area contributed by atoms with Crippen LogP contribution in [0, 0.1) is 0 Å². The highest BCUT2D eigenvalue weighted by atomic mass is 16.6. The van der Waals surface area contributed by atoms with Gasteiger partial charge < -0.3 is 14.8 Å². The summed E-state index contributed by atoms with van der Waals surface area (Å²) in [7, 11) is 0. The number of amides is 1. The summed E-state index contributed by atoms with van der Waals surface area (Å²) in [5.74, 6) is 1.78. The van der Waals surface area contributed by atoms with Crippen molar-refractivity contribution in [2.24, 2.45) is 0 Å². The molecule has 0 bridgehead atoms. The summed E-state index contributed by atoms with van der Waals surface area (Å²) >= 11 is 0. The summed E-state index contributed by atoms with van der Waals surface area (Å²) in [5.41, 5.74) is 2.84. The third-order valence-electron chi connectivity index (χ3n) is 6.14. The molecule has 1 spiro atoms. The Labute approximate surface area is 155 Å². The van der Waals surface area contributed by atoms with E-state index in [1.54, 1.807) is 6.08 Å². The molecule has 4 rings (SSSR count). The molecule has 140 valence electrons. The molecule has 1 fully saturated rings. The molecular weight excluding hydrogens is 328 g/mol. The maximum atomic E-state index is 12.3. The topological polar surface area (TPSA) is 50.8 Å². The normalized spacial score (nSPS) is 23.5. The third-order valence-corrected chi connectivity index (χ3v) is 6.14. The van der Waals surface area contributed by atoms with Gasteiger partial charge in [0.25, 0.3) is 0 Å². The molecule has 5 heteroatoms. The van der Waals surface area contributed by atoms with Crippen LogP contribution < -0.4 is 14.8 Å². The number of carbonyl (C=O) groups excluding carboxylic acids is 1. The van der Waals surface area contributed by atoms with Gasteiger partial charge in [0.15, 0.2) is 11.5 Å². The van der Waals surface area contributed by atoms with Crippen LogP contribution in [0.2, 0.25) is 0 Å². The molecule has 26 heavy (non-hydrogen) atoms. The maximum Gasteiger partial charge on any atom is 0.234 e. The minimum absolute atomic E-state index is 0.0610. The van der Waals surface area contributed by atoms with E-state index in [0.717, 1.165) is 18.0 Å². The van der Waals surface area contributed by atoms with E-state index in [-0.39, 0.29) is 17.4 Å². The number of rotatable bonds is 4. The van der Waals surface area contributed by atoms with Gasteiger partial charge in [0.1, 0.15) is 13.2 Å². The van der Waals surface area contributed by atoms with Gasteiger partial charge in [0.2, 0.25) is 5.91 Å². The van der Waals surface area contributed by atoms with Crippen molar-refractivity contribution >= 4 is 5.91 Å². The molecule has 1 aliphatic carbocycles. The van der Waals surface area contributed by atoms with E-state index in [2.05, 4.69) is 35.9 Å². The van der Waals surface area contributed by atoms with Crippen molar-refractivity contribution in [2.75, 3.05) is 32.8 Å². The molecule has 1 aromatic rings. The summed E-state index contributed by atoms with van der Waals surface area (Å²) in [6.45, 7) is 8.94. The summed E-state index contributed by atoms with van der Waals surface area (Å²) < 4.78 is 11.7. The van der Waals surface area contributed by atoms with Crippen LogP contribution in [-0.2, 0) is 10.2 Å². The van der Waals surface area contributed by atoms with E-state index in [4.69, 9.17) is 9.47 Å². The second-order valence-corrected chi connectivity index (χ2v) is 7.74. The Morgan fingerprint density at radius 3 is 2.69 bits per heavy atom.